The lowest BCUT2D eigenvalue weighted by Gasteiger charge is -2.12. The molecule has 1 aromatic carbocycles. The van der Waals surface area contributed by atoms with Crippen LogP contribution in [-0.2, 0) is 4.79 Å². The van der Waals surface area contributed by atoms with Crippen LogP contribution in [0, 0.1) is 13.8 Å². The molecule has 0 aliphatic rings. The Hall–Kier alpha value is -1.96. The Morgan fingerprint density at radius 3 is 2.12 bits per heavy atom. The molecule has 1 atom stereocenters. The fourth-order valence-electron chi connectivity index (χ4n) is 2.06. The van der Waals surface area contributed by atoms with Crippen LogP contribution in [0.5, 0.6) is 0 Å². The third-order valence-electron chi connectivity index (χ3n) is 2.76. The lowest BCUT2D eigenvalue weighted by Crippen LogP contribution is -2.04. The predicted octanol–water partition coefficient (Wildman–Crippen LogP) is 3.03. The van der Waals surface area contributed by atoms with E-state index in [1.54, 1.807) is 0 Å². The zero-order valence-electron chi connectivity index (χ0n) is 10.1. The molecule has 0 amide bonds. The van der Waals surface area contributed by atoms with Crippen LogP contribution in [0.2, 0.25) is 0 Å². The molecular formula is C15H15NO. The normalized spacial score (nSPS) is 12.1. The van der Waals surface area contributed by atoms with E-state index in [4.69, 9.17) is 0 Å². The van der Waals surface area contributed by atoms with Gasteiger partial charge in [0.05, 0.1) is 5.92 Å². The molecule has 1 unspecified atom stereocenters. The topological polar surface area (TPSA) is 30.0 Å². The summed E-state index contributed by atoms with van der Waals surface area (Å²) in [6.45, 7) is 3.90. The highest BCUT2D eigenvalue weighted by Gasteiger charge is 2.13. The van der Waals surface area contributed by atoms with Gasteiger partial charge in [-0.2, -0.15) is 0 Å². The van der Waals surface area contributed by atoms with Crippen molar-refractivity contribution in [1.82, 2.24) is 4.98 Å². The first kappa shape index (κ1) is 11.5. The first-order valence-electron chi connectivity index (χ1n) is 5.66. The number of hydrogen-bond donors (Lipinski definition) is 0. The zero-order valence-corrected chi connectivity index (χ0v) is 10.1. The van der Waals surface area contributed by atoms with E-state index in [9.17, 15) is 4.79 Å². The number of benzene rings is 1. The van der Waals surface area contributed by atoms with Crippen LogP contribution in [0.3, 0.4) is 0 Å². The van der Waals surface area contributed by atoms with Gasteiger partial charge >= 0.3 is 0 Å². The van der Waals surface area contributed by atoms with Crippen LogP contribution < -0.4 is 0 Å². The summed E-state index contributed by atoms with van der Waals surface area (Å²) in [6, 6.07) is 13.8. The molecule has 2 aromatic rings. The first-order valence-corrected chi connectivity index (χ1v) is 5.66. The Morgan fingerprint density at radius 1 is 1.00 bits per heavy atom. The molecule has 0 aliphatic carbocycles. The Balaban J connectivity index is 2.46. The van der Waals surface area contributed by atoms with Gasteiger partial charge in [-0.3, -0.25) is 4.98 Å². The van der Waals surface area contributed by atoms with Crippen LogP contribution in [0.15, 0.2) is 42.5 Å². The van der Waals surface area contributed by atoms with Gasteiger partial charge in [0.2, 0.25) is 0 Å². The van der Waals surface area contributed by atoms with E-state index in [1.807, 2.05) is 56.3 Å². The Kier molecular flexibility index (Phi) is 3.33. The average Bonchev–Trinajstić information content (AvgIpc) is 2.30. The summed E-state index contributed by atoms with van der Waals surface area (Å²) in [6.07, 6.45) is 0.990. The molecule has 0 saturated heterocycles. The van der Waals surface area contributed by atoms with E-state index >= 15 is 0 Å². The van der Waals surface area contributed by atoms with Crippen LogP contribution in [0.4, 0.5) is 0 Å². The highest BCUT2D eigenvalue weighted by atomic mass is 16.1. The minimum Gasteiger partial charge on any atom is -0.302 e. The molecule has 0 spiro atoms. The van der Waals surface area contributed by atoms with Crippen molar-refractivity contribution in [3.63, 3.8) is 0 Å². The average molecular weight is 225 g/mol. The molecule has 17 heavy (non-hydrogen) atoms. The predicted molar refractivity (Wildman–Crippen MR) is 68.1 cm³/mol. The molecule has 0 bridgehead atoms. The maximum absolute atomic E-state index is 11.3. The summed E-state index contributed by atoms with van der Waals surface area (Å²) in [5.74, 6) is -0.198. The third kappa shape index (κ3) is 2.59. The molecule has 2 heteroatoms. The van der Waals surface area contributed by atoms with Gasteiger partial charge in [-0.15, -0.1) is 0 Å². The number of aromatic nitrogens is 1. The van der Waals surface area contributed by atoms with Gasteiger partial charge < -0.3 is 4.79 Å². The van der Waals surface area contributed by atoms with Crippen LogP contribution >= 0.6 is 0 Å². The fourth-order valence-corrected chi connectivity index (χ4v) is 2.06. The van der Waals surface area contributed by atoms with E-state index in [2.05, 4.69) is 4.98 Å². The van der Waals surface area contributed by atoms with E-state index in [1.165, 1.54) is 0 Å². The number of carbonyl (C=O) groups is 1. The number of aryl methyl sites for hydroxylation is 2. The SMILES string of the molecule is Cc1cc(C(C=O)c2ccccc2)cc(C)n1. The van der Waals surface area contributed by atoms with Gasteiger partial charge in [0, 0.05) is 11.4 Å². The van der Waals surface area contributed by atoms with Crippen LogP contribution in [0.1, 0.15) is 28.4 Å². The largest absolute Gasteiger partial charge is 0.302 e. The third-order valence-corrected chi connectivity index (χ3v) is 2.76. The molecule has 0 N–H and O–H groups in total. The standard InChI is InChI=1S/C15H15NO/c1-11-8-14(9-12(2)16-11)15(10-17)13-6-4-3-5-7-13/h3-10,15H,1-2H3. The number of aldehydes is 1. The van der Waals surface area contributed by atoms with Crippen molar-refractivity contribution < 1.29 is 4.79 Å². The minimum absolute atomic E-state index is 0.198. The molecule has 0 aliphatic heterocycles. The quantitative estimate of drug-likeness (QED) is 0.751. The minimum atomic E-state index is -0.198. The van der Waals surface area contributed by atoms with Crippen molar-refractivity contribution in [2.45, 2.75) is 19.8 Å². The second-order valence-corrected chi connectivity index (χ2v) is 4.21. The van der Waals surface area contributed by atoms with E-state index in [0.717, 1.165) is 28.8 Å². The second kappa shape index (κ2) is 4.91. The summed E-state index contributed by atoms with van der Waals surface area (Å²) >= 11 is 0. The zero-order chi connectivity index (χ0) is 12.3. The Bertz CT molecular complexity index is 499. The number of pyridine rings is 1. The molecule has 1 heterocycles. The molecule has 2 nitrogen and oxygen atoms in total. The lowest BCUT2D eigenvalue weighted by molar-refractivity contribution is -0.108. The van der Waals surface area contributed by atoms with Gasteiger partial charge in [0.25, 0.3) is 0 Å². The van der Waals surface area contributed by atoms with Gasteiger partial charge in [-0.05, 0) is 37.1 Å². The number of rotatable bonds is 3. The number of hydrogen-bond acceptors (Lipinski definition) is 2. The molecule has 0 fully saturated rings. The summed E-state index contributed by atoms with van der Waals surface area (Å²) < 4.78 is 0. The Morgan fingerprint density at radius 2 is 1.59 bits per heavy atom. The van der Waals surface area contributed by atoms with Crippen molar-refractivity contribution >= 4 is 6.29 Å². The van der Waals surface area contributed by atoms with Crippen molar-refractivity contribution in [3.8, 4) is 0 Å². The smallest absolute Gasteiger partial charge is 0.131 e. The van der Waals surface area contributed by atoms with E-state index in [-0.39, 0.29) is 5.92 Å². The van der Waals surface area contributed by atoms with E-state index < -0.39 is 0 Å². The maximum atomic E-state index is 11.3. The number of nitrogens with zero attached hydrogens (tertiary/aromatic N) is 1. The van der Waals surface area contributed by atoms with Crippen molar-refractivity contribution in [2.24, 2.45) is 0 Å². The summed E-state index contributed by atoms with van der Waals surface area (Å²) in [7, 11) is 0. The van der Waals surface area contributed by atoms with Gasteiger partial charge in [0.15, 0.2) is 0 Å². The lowest BCUT2D eigenvalue weighted by atomic mass is 9.92. The van der Waals surface area contributed by atoms with E-state index in [0.29, 0.717) is 0 Å². The van der Waals surface area contributed by atoms with Crippen molar-refractivity contribution in [2.75, 3.05) is 0 Å². The van der Waals surface area contributed by atoms with Crippen LogP contribution in [-0.4, -0.2) is 11.3 Å². The first-order chi connectivity index (χ1) is 8.20. The summed E-state index contributed by atoms with van der Waals surface area (Å²) in [4.78, 5) is 15.6. The fraction of sp³-hybridized carbons (Fsp3) is 0.200. The number of carbonyl (C=O) groups excluding carboxylic acids is 1. The summed E-state index contributed by atoms with van der Waals surface area (Å²) in [5, 5.41) is 0. The maximum Gasteiger partial charge on any atom is 0.131 e. The second-order valence-electron chi connectivity index (χ2n) is 4.21. The van der Waals surface area contributed by atoms with Crippen molar-refractivity contribution in [3.05, 3.63) is 65.0 Å². The molecule has 2 rings (SSSR count). The molecule has 0 saturated carbocycles. The highest BCUT2D eigenvalue weighted by Crippen LogP contribution is 2.23. The van der Waals surface area contributed by atoms with Gasteiger partial charge in [-0.25, -0.2) is 0 Å². The van der Waals surface area contributed by atoms with Gasteiger partial charge in [0.1, 0.15) is 6.29 Å². The van der Waals surface area contributed by atoms with Crippen molar-refractivity contribution in [1.29, 1.82) is 0 Å². The Labute approximate surface area is 101 Å². The monoisotopic (exact) mass is 225 g/mol. The molecule has 86 valence electrons. The van der Waals surface area contributed by atoms with Crippen LogP contribution in [0.25, 0.3) is 0 Å². The summed E-state index contributed by atoms with van der Waals surface area (Å²) in [5.41, 5.74) is 3.93. The molecule has 1 aromatic heterocycles. The molecule has 0 radical (unpaired) electrons. The van der Waals surface area contributed by atoms with Gasteiger partial charge in [-0.1, -0.05) is 30.3 Å². The highest BCUT2D eigenvalue weighted by molar-refractivity contribution is 5.68. The molecular weight excluding hydrogens is 210 g/mol.